The summed E-state index contributed by atoms with van der Waals surface area (Å²) in [5.41, 5.74) is -0.565. The Labute approximate surface area is 131 Å². The van der Waals surface area contributed by atoms with Crippen LogP contribution >= 0.6 is 15.9 Å². The summed E-state index contributed by atoms with van der Waals surface area (Å²) in [4.78, 5) is 9.64. The van der Waals surface area contributed by atoms with E-state index < -0.39 is 35.4 Å². The number of rotatable bonds is 6. The lowest BCUT2D eigenvalue weighted by molar-refractivity contribution is -0.387. The van der Waals surface area contributed by atoms with Crippen molar-refractivity contribution in [1.29, 1.82) is 0 Å². The van der Waals surface area contributed by atoms with E-state index in [0.717, 1.165) is 22.7 Å². The van der Waals surface area contributed by atoms with Crippen LogP contribution in [0.5, 0.6) is 0 Å². The zero-order valence-electron chi connectivity index (χ0n) is 11.2. The maximum Gasteiger partial charge on any atom is 0.289 e. The van der Waals surface area contributed by atoms with E-state index in [-0.39, 0.29) is 12.3 Å². The van der Waals surface area contributed by atoms with Crippen molar-refractivity contribution >= 4 is 41.5 Å². The molecule has 0 aromatic heterocycles. The Morgan fingerprint density at radius 1 is 1.29 bits per heavy atom. The molecule has 1 rings (SSSR count). The van der Waals surface area contributed by atoms with E-state index >= 15 is 0 Å². The Balaban J connectivity index is 3.24. The zero-order chi connectivity index (χ0) is 16.4. The minimum atomic E-state index is -4.16. The van der Waals surface area contributed by atoms with Crippen LogP contribution in [0.15, 0.2) is 27.6 Å². The lowest BCUT2D eigenvalue weighted by Gasteiger charge is -2.16. The van der Waals surface area contributed by atoms with E-state index in [9.17, 15) is 26.9 Å². The molecule has 0 amide bonds. The van der Waals surface area contributed by atoms with E-state index in [1.165, 1.54) is 13.1 Å². The van der Waals surface area contributed by atoms with Gasteiger partial charge in [0.25, 0.3) is 5.69 Å². The van der Waals surface area contributed by atoms with E-state index in [1.54, 1.807) is 0 Å². The van der Waals surface area contributed by atoms with Gasteiger partial charge in [-0.15, -0.1) is 0 Å². The molecule has 1 aromatic rings. The first-order valence-electron chi connectivity index (χ1n) is 5.53. The number of sulfonamides is 1. The predicted molar refractivity (Wildman–Crippen MR) is 80.3 cm³/mol. The molecule has 11 heteroatoms. The lowest BCUT2D eigenvalue weighted by Crippen LogP contribution is -2.32. The van der Waals surface area contributed by atoms with Gasteiger partial charge in [0.05, 0.1) is 10.7 Å². The van der Waals surface area contributed by atoms with Crippen LogP contribution in [0.2, 0.25) is 0 Å². The van der Waals surface area contributed by atoms with E-state index in [4.69, 9.17) is 0 Å². The van der Waals surface area contributed by atoms with Gasteiger partial charge in [-0.1, -0.05) is 15.9 Å². The summed E-state index contributed by atoms with van der Waals surface area (Å²) < 4.78 is 48.0. The average molecular weight is 401 g/mol. The summed E-state index contributed by atoms with van der Waals surface area (Å²) >= 11 is 3.06. The van der Waals surface area contributed by atoms with Crippen LogP contribution in [0.4, 0.5) is 5.69 Å². The number of sulfone groups is 1. The SMILES string of the molecule is CN(CCS(C)(=O)=O)S(=O)(=O)c1cc(Br)ccc1[N+](=O)[O-]. The molecule has 1 aromatic carbocycles. The van der Waals surface area contributed by atoms with Crippen LogP contribution < -0.4 is 0 Å². The first kappa shape index (κ1) is 18.0. The summed E-state index contributed by atoms with van der Waals surface area (Å²) in [6, 6.07) is 3.54. The summed E-state index contributed by atoms with van der Waals surface area (Å²) in [6.07, 6.45) is 0.981. The number of halogens is 1. The molecule has 8 nitrogen and oxygen atoms in total. The molecule has 0 atom stereocenters. The molecule has 0 spiro atoms. The van der Waals surface area contributed by atoms with Crippen molar-refractivity contribution in [2.75, 3.05) is 25.6 Å². The highest BCUT2D eigenvalue weighted by atomic mass is 79.9. The third-order valence-corrected chi connectivity index (χ3v) is 5.89. The van der Waals surface area contributed by atoms with Gasteiger partial charge in [0.15, 0.2) is 4.90 Å². The van der Waals surface area contributed by atoms with Gasteiger partial charge in [0, 0.05) is 30.4 Å². The molecule has 0 saturated heterocycles. The smallest absolute Gasteiger partial charge is 0.258 e. The van der Waals surface area contributed by atoms with Gasteiger partial charge in [0.2, 0.25) is 10.0 Å². The van der Waals surface area contributed by atoms with Gasteiger partial charge < -0.3 is 0 Å². The van der Waals surface area contributed by atoms with Gasteiger partial charge in [-0.05, 0) is 12.1 Å². The second-order valence-corrected chi connectivity index (χ2v) is 9.51. The van der Waals surface area contributed by atoms with Crippen molar-refractivity contribution < 1.29 is 21.8 Å². The first-order chi connectivity index (χ1) is 9.45. The molecule has 21 heavy (non-hydrogen) atoms. The highest BCUT2D eigenvalue weighted by Gasteiger charge is 2.30. The lowest BCUT2D eigenvalue weighted by atomic mass is 10.3. The summed E-state index contributed by atoms with van der Waals surface area (Å²) in [5.74, 6) is -0.371. The average Bonchev–Trinajstić information content (AvgIpc) is 2.34. The third kappa shape index (κ3) is 4.73. The highest BCUT2D eigenvalue weighted by Crippen LogP contribution is 2.29. The molecule has 0 unspecified atom stereocenters. The van der Waals surface area contributed by atoms with E-state index in [0.29, 0.717) is 4.47 Å². The molecular weight excluding hydrogens is 388 g/mol. The molecule has 0 N–H and O–H groups in total. The Morgan fingerprint density at radius 2 is 1.86 bits per heavy atom. The number of hydrogen-bond acceptors (Lipinski definition) is 6. The fourth-order valence-electron chi connectivity index (χ4n) is 1.43. The van der Waals surface area contributed by atoms with Crippen LogP contribution in [-0.2, 0) is 19.9 Å². The monoisotopic (exact) mass is 400 g/mol. The molecule has 0 fully saturated rings. The van der Waals surface area contributed by atoms with Crippen LogP contribution in [0.3, 0.4) is 0 Å². The second kappa shape index (κ2) is 6.38. The van der Waals surface area contributed by atoms with Crippen molar-refractivity contribution in [3.8, 4) is 0 Å². The van der Waals surface area contributed by atoms with E-state index in [1.807, 2.05) is 0 Å². The van der Waals surface area contributed by atoms with Gasteiger partial charge in [-0.25, -0.2) is 16.8 Å². The standard InChI is InChI=1S/C10H13BrN2O6S2/c1-12(5-6-20(2,16)17)21(18,19)10-7-8(11)3-4-9(10)13(14)15/h3-4,7H,5-6H2,1-2H3. The molecule has 118 valence electrons. The number of hydrogen-bond donors (Lipinski definition) is 0. The summed E-state index contributed by atoms with van der Waals surface area (Å²) in [7, 11) is -6.34. The zero-order valence-corrected chi connectivity index (χ0v) is 14.4. The van der Waals surface area contributed by atoms with Gasteiger partial charge >= 0.3 is 0 Å². The molecule has 0 aliphatic rings. The topological polar surface area (TPSA) is 115 Å². The molecule has 0 radical (unpaired) electrons. The second-order valence-electron chi connectivity index (χ2n) is 4.33. The van der Waals surface area contributed by atoms with Crippen LogP contribution in [0.1, 0.15) is 0 Å². The van der Waals surface area contributed by atoms with Crippen LogP contribution in [0.25, 0.3) is 0 Å². The van der Waals surface area contributed by atoms with Crippen molar-refractivity contribution in [3.63, 3.8) is 0 Å². The van der Waals surface area contributed by atoms with Crippen molar-refractivity contribution in [2.45, 2.75) is 4.90 Å². The maximum absolute atomic E-state index is 12.3. The summed E-state index contributed by atoms with van der Waals surface area (Å²) in [6.45, 7) is -0.287. The molecule has 0 heterocycles. The molecule has 0 saturated carbocycles. The molecular formula is C10H13BrN2O6S2. The molecule has 0 aliphatic carbocycles. The first-order valence-corrected chi connectivity index (χ1v) is 9.82. The number of benzene rings is 1. The van der Waals surface area contributed by atoms with Gasteiger partial charge in [-0.2, -0.15) is 4.31 Å². The number of nitro groups is 1. The predicted octanol–water partition coefficient (Wildman–Crippen LogP) is 1.02. The number of nitro benzene ring substituents is 1. The molecule has 0 aliphatic heterocycles. The van der Waals surface area contributed by atoms with Crippen molar-refractivity contribution in [3.05, 3.63) is 32.8 Å². The maximum atomic E-state index is 12.3. The fourth-order valence-corrected chi connectivity index (χ4v) is 4.01. The Bertz CT molecular complexity index is 760. The van der Waals surface area contributed by atoms with Gasteiger partial charge in [-0.3, -0.25) is 10.1 Å². The van der Waals surface area contributed by atoms with Crippen LogP contribution in [-0.4, -0.2) is 51.7 Å². The molecule has 0 bridgehead atoms. The normalized spacial score (nSPS) is 12.6. The largest absolute Gasteiger partial charge is 0.289 e. The Hall–Kier alpha value is -1.04. The van der Waals surface area contributed by atoms with Crippen molar-refractivity contribution in [2.24, 2.45) is 0 Å². The third-order valence-electron chi connectivity index (χ3n) is 2.58. The highest BCUT2D eigenvalue weighted by molar-refractivity contribution is 9.10. The van der Waals surface area contributed by atoms with Crippen molar-refractivity contribution in [1.82, 2.24) is 4.31 Å². The van der Waals surface area contributed by atoms with E-state index in [2.05, 4.69) is 15.9 Å². The minimum absolute atomic E-state index is 0.287. The van der Waals surface area contributed by atoms with Gasteiger partial charge in [0.1, 0.15) is 9.84 Å². The van der Waals surface area contributed by atoms with Crippen LogP contribution in [0, 0.1) is 10.1 Å². The Kier molecular flexibility index (Phi) is 5.47. The number of nitrogens with zero attached hydrogens (tertiary/aromatic N) is 2. The summed E-state index contributed by atoms with van der Waals surface area (Å²) in [5, 5.41) is 10.9. The Morgan fingerprint density at radius 3 is 2.33 bits per heavy atom. The quantitative estimate of drug-likeness (QED) is 0.519. The fraction of sp³-hybridized carbons (Fsp3) is 0.400. The minimum Gasteiger partial charge on any atom is -0.258 e.